The van der Waals surface area contributed by atoms with Crippen molar-refractivity contribution in [1.29, 1.82) is 0 Å². The predicted octanol–water partition coefficient (Wildman–Crippen LogP) is 2.82. The van der Waals surface area contributed by atoms with Gasteiger partial charge in [0.1, 0.15) is 0 Å². The van der Waals surface area contributed by atoms with Gasteiger partial charge >= 0.3 is 5.97 Å². The maximum Gasteiger partial charge on any atom is 0.340 e. The van der Waals surface area contributed by atoms with Crippen molar-refractivity contribution in [1.82, 2.24) is 24.6 Å². The van der Waals surface area contributed by atoms with Crippen molar-refractivity contribution < 1.29 is 14.3 Å². The van der Waals surface area contributed by atoms with Gasteiger partial charge in [-0.25, -0.2) is 14.5 Å². The van der Waals surface area contributed by atoms with E-state index in [1.807, 2.05) is 13.8 Å². The Bertz CT molecular complexity index is 1120. The van der Waals surface area contributed by atoms with Crippen LogP contribution in [0.15, 0.2) is 42.7 Å². The number of hydrogen-bond donors (Lipinski definition) is 0. The maximum absolute atomic E-state index is 12.5. The summed E-state index contributed by atoms with van der Waals surface area (Å²) in [6.07, 6.45) is 3.15. The van der Waals surface area contributed by atoms with Gasteiger partial charge in [-0.2, -0.15) is 5.10 Å². The molecule has 1 aromatic carbocycles. The second-order valence-electron chi connectivity index (χ2n) is 8.54. The topological polar surface area (TPSA) is 80.6 Å². The number of ether oxygens (including phenoxy) is 1. The molecular formula is C24H29N5O3. The fourth-order valence-electron chi connectivity index (χ4n) is 3.96. The number of aromatic nitrogens is 3. The molecule has 4 rings (SSSR count). The first-order valence-electron chi connectivity index (χ1n) is 11.0. The number of pyridine rings is 1. The number of amides is 1. The van der Waals surface area contributed by atoms with Gasteiger partial charge in [0.25, 0.3) is 5.91 Å². The van der Waals surface area contributed by atoms with E-state index >= 15 is 0 Å². The summed E-state index contributed by atoms with van der Waals surface area (Å²) in [5.74, 6) is -0.724. The fourth-order valence-corrected chi connectivity index (χ4v) is 3.96. The summed E-state index contributed by atoms with van der Waals surface area (Å²) in [5.41, 5.74) is 3.57. The zero-order valence-electron chi connectivity index (χ0n) is 18.8. The molecule has 0 radical (unpaired) electrons. The summed E-state index contributed by atoms with van der Waals surface area (Å²) in [5, 5.41) is 5.07. The molecule has 0 spiro atoms. The van der Waals surface area contributed by atoms with Crippen LogP contribution < -0.4 is 0 Å². The average molecular weight is 436 g/mol. The molecule has 0 unspecified atom stereocenters. The van der Waals surface area contributed by atoms with Crippen molar-refractivity contribution in [2.75, 3.05) is 32.8 Å². The molecule has 1 fully saturated rings. The Morgan fingerprint density at radius 2 is 1.88 bits per heavy atom. The largest absolute Gasteiger partial charge is 0.452 e. The number of carbonyl (C=O) groups excluding carboxylic acids is 2. The lowest BCUT2D eigenvalue weighted by molar-refractivity contribution is -0.136. The number of carbonyl (C=O) groups is 2. The molecule has 8 nitrogen and oxygen atoms in total. The second kappa shape index (κ2) is 9.48. The van der Waals surface area contributed by atoms with Gasteiger partial charge in [-0.05, 0) is 32.4 Å². The highest BCUT2D eigenvalue weighted by Crippen LogP contribution is 2.17. The smallest absolute Gasteiger partial charge is 0.340 e. The van der Waals surface area contributed by atoms with E-state index in [1.54, 1.807) is 21.8 Å². The molecular weight excluding hydrogens is 406 g/mol. The molecule has 1 saturated heterocycles. The Kier molecular flexibility index (Phi) is 6.50. The SMILES string of the molecule is Cc1cccc(CN2CCN(C(=O)COC(=O)c3cnc4c(cnn4C(C)C)c3)CC2)c1. The van der Waals surface area contributed by atoms with Crippen LogP contribution in [0.25, 0.3) is 11.0 Å². The molecule has 0 saturated carbocycles. The van der Waals surface area contributed by atoms with Crippen LogP contribution in [0.5, 0.6) is 0 Å². The van der Waals surface area contributed by atoms with Crippen LogP contribution in [0.2, 0.25) is 0 Å². The number of rotatable bonds is 6. The molecule has 1 aliphatic heterocycles. The molecule has 2 aromatic heterocycles. The Morgan fingerprint density at radius 1 is 1.09 bits per heavy atom. The van der Waals surface area contributed by atoms with E-state index in [1.165, 1.54) is 17.3 Å². The Labute approximate surface area is 187 Å². The number of aryl methyl sites for hydroxylation is 1. The molecule has 8 heteroatoms. The fraction of sp³-hybridized carbons (Fsp3) is 0.417. The molecule has 3 heterocycles. The van der Waals surface area contributed by atoms with Crippen LogP contribution in [-0.4, -0.2) is 69.2 Å². The molecule has 0 atom stereocenters. The third-order valence-electron chi connectivity index (χ3n) is 5.70. The molecule has 0 N–H and O–H groups in total. The van der Waals surface area contributed by atoms with Crippen molar-refractivity contribution >= 4 is 22.9 Å². The van der Waals surface area contributed by atoms with Crippen LogP contribution in [0.3, 0.4) is 0 Å². The summed E-state index contributed by atoms with van der Waals surface area (Å²) < 4.78 is 7.07. The molecule has 32 heavy (non-hydrogen) atoms. The molecule has 1 amide bonds. The van der Waals surface area contributed by atoms with E-state index in [-0.39, 0.29) is 18.6 Å². The maximum atomic E-state index is 12.5. The summed E-state index contributed by atoms with van der Waals surface area (Å²) in [6.45, 7) is 9.60. The summed E-state index contributed by atoms with van der Waals surface area (Å²) in [6, 6.07) is 10.4. The van der Waals surface area contributed by atoms with Gasteiger partial charge in [0.2, 0.25) is 0 Å². The van der Waals surface area contributed by atoms with E-state index in [4.69, 9.17) is 4.74 Å². The van der Waals surface area contributed by atoms with Gasteiger partial charge in [0.05, 0.1) is 11.8 Å². The number of fused-ring (bicyclic) bond motifs is 1. The lowest BCUT2D eigenvalue weighted by Gasteiger charge is -2.34. The lowest BCUT2D eigenvalue weighted by Crippen LogP contribution is -2.49. The van der Waals surface area contributed by atoms with Crippen molar-refractivity contribution in [3.05, 3.63) is 59.4 Å². The normalized spacial score (nSPS) is 14.8. The quantitative estimate of drug-likeness (QED) is 0.554. The average Bonchev–Trinajstić information content (AvgIpc) is 3.21. The third kappa shape index (κ3) is 4.96. The molecule has 168 valence electrons. The highest BCUT2D eigenvalue weighted by atomic mass is 16.5. The van der Waals surface area contributed by atoms with Crippen molar-refractivity contribution in [2.45, 2.75) is 33.4 Å². The minimum absolute atomic E-state index is 0.171. The number of piperazine rings is 1. The zero-order chi connectivity index (χ0) is 22.7. The summed E-state index contributed by atoms with van der Waals surface area (Å²) in [4.78, 5) is 33.4. The molecule has 3 aromatic rings. The summed E-state index contributed by atoms with van der Waals surface area (Å²) in [7, 11) is 0. The zero-order valence-corrected chi connectivity index (χ0v) is 18.8. The minimum atomic E-state index is -0.553. The first-order valence-corrected chi connectivity index (χ1v) is 11.0. The van der Waals surface area contributed by atoms with Gasteiger partial charge in [0.15, 0.2) is 12.3 Å². The highest BCUT2D eigenvalue weighted by Gasteiger charge is 2.22. The van der Waals surface area contributed by atoms with E-state index in [0.717, 1.165) is 30.7 Å². The number of hydrogen-bond acceptors (Lipinski definition) is 6. The summed E-state index contributed by atoms with van der Waals surface area (Å²) >= 11 is 0. The highest BCUT2D eigenvalue weighted by molar-refractivity contribution is 5.94. The standard InChI is InChI=1S/C24H29N5O3/c1-17(2)29-23-20(14-26-29)12-21(13-25-23)24(31)32-16-22(30)28-9-7-27(8-10-28)15-19-6-4-5-18(3)11-19/h4-6,11-14,17H,7-10,15-16H2,1-3H3. The molecule has 0 bridgehead atoms. The monoisotopic (exact) mass is 435 g/mol. The number of benzene rings is 1. The van der Waals surface area contributed by atoms with E-state index < -0.39 is 5.97 Å². The third-order valence-corrected chi connectivity index (χ3v) is 5.70. The second-order valence-corrected chi connectivity index (χ2v) is 8.54. The van der Waals surface area contributed by atoms with Gasteiger partial charge in [-0.1, -0.05) is 29.8 Å². The van der Waals surface area contributed by atoms with Gasteiger partial charge in [-0.15, -0.1) is 0 Å². The predicted molar refractivity (Wildman–Crippen MR) is 121 cm³/mol. The molecule has 1 aliphatic rings. The van der Waals surface area contributed by atoms with Gasteiger partial charge in [0, 0.05) is 50.3 Å². The minimum Gasteiger partial charge on any atom is -0.452 e. The lowest BCUT2D eigenvalue weighted by atomic mass is 10.1. The Morgan fingerprint density at radius 3 is 2.59 bits per heavy atom. The first-order chi connectivity index (χ1) is 15.4. The van der Waals surface area contributed by atoms with E-state index in [9.17, 15) is 9.59 Å². The van der Waals surface area contributed by atoms with Crippen molar-refractivity contribution in [3.63, 3.8) is 0 Å². The van der Waals surface area contributed by atoms with Crippen LogP contribution in [-0.2, 0) is 16.1 Å². The van der Waals surface area contributed by atoms with Crippen molar-refractivity contribution in [2.24, 2.45) is 0 Å². The van der Waals surface area contributed by atoms with Gasteiger partial charge in [-0.3, -0.25) is 9.69 Å². The van der Waals surface area contributed by atoms with Crippen LogP contribution in [0, 0.1) is 6.92 Å². The van der Waals surface area contributed by atoms with Crippen LogP contribution in [0.4, 0.5) is 0 Å². The number of esters is 1. The molecule has 0 aliphatic carbocycles. The van der Waals surface area contributed by atoms with Gasteiger partial charge < -0.3 is 9.64 Å². The van der Waals surface area contributed by atoms with Crippen LogP contribution in [0.1, 0.15) is 41.4 Å². The van der Waals surface area contributed by atoms with E-state index in [0.29, 0.717) is 18.7 Å². The van der Waals surface area contributed by atoms with E-state index in [2.05, 4.69) is 46.2 Å². The van der Waals surface area contributed by atoms with Crippen LogP contribution >= 0.6 is 0 Å². The first kappa shape index (κ1) is 22.0. The Balaban J connectivity index is 1.27. The van der Waals surface area contributed by atoms with Crippen molar-refractivity contribution in [3.8, 4) is 0 Å². The number of nitrogens with zero attached hydrogens (tertiary/aromatic N) is 5. The Hall–Kier alpha value is -3.26.